The fourth-order valence-electron chi connectivity index (χ4n) is 1.84. The molecule has 2 nitrogen and oxygen atoms in total. The molecule has 0 aliphatic heterocycles. The molecule has 0 aliphatic carbocycles. The molecule has 0 heterocycles. The molecule has 0 fully saturated rings. The van der Waals surface area contributed by atoms with Gasteiger partial charge in [0.1, 0.15) is 12.4 Å². The average molecular weight is 260 g/mol. The number of ether oxygens (including phenoxy) is 2. The Labute approximate surface area is 112 Å². The Hall–Kier alpha value is -2.03. The van der Waals surface area contributed by atoms with Crippen LogP contribution in [0.4, 0.5) is 4.39 Å². The van der Waals surface area contributed by atoms with Crippen LogP contribution in [0.25, 0.3) is 0 Å². The van der Waals surface area contributed by atoms with E-state index in [1.807, 2.05) is 24.3 Å². The maximum absolute atomic E-state index is 13.1. The van der Waals surface area contributed by atoms with Crippen LogP contribution in [0.15, 0.2) is 42.5 Å². The van der Waals surface area contributed by atoms with Gasteiger partial charge in [-0.25, -0.2) is 4.39 Å². The Kier molecular flexibility index (Phi) is 4.39. The van der Waals surface area contributed by atoms with E-state index in [2.05, 4.69) is 6.92 Å². The zero-order valence-corrected chi connectivity index (χ0v) is 11.2. The number of aryl methyl sites for hydroxylation is 1. The second kappa shape index (κ2) is 6.23. The van der Waals surface area contributed by atoms with Crippen molar-refractivity contribution in [3.63, 3.8) is 0 Å². The van der Waals surface area contributed by atoms with Crippen LogP contribution in [0.5, 0.6) is 11.5 Å². The molecule has 2 aromatic rings. The van der Waals surface area contributed by atoms with Gasteiger partial charge in [0, 0.05) is 0 Å². The van der Waals surface area contributed by atoms with E-state index in [0.29, 0.717) is 18.1 Å². The Bertz CT molecular complexity index is 552. The van der Waals surface area contributed by atoms with E-state index in [1.165, 1.54) is 17.7 Å². The smallest absolute Gasteiger partial charge is 0.161 e. The van der Waals surface area contributed by atoms with E-state index in [9.17, 15) is 4.39 Å². The summed E-state index contributed by atoms with van der Waals surface area (Å²) in [6, 6.07) is 12.2. The van der Waals surface area contributed by atoms with Gasteiger partial charge in [-0.15, -0.1) is 0 Å². The number of hydrogen-bond donors (Lipinski definition) is 0. The molecule has 2 rings (SSSR count). The summed E-state index contributed by atoms with van der Waals surface area (Å²) in [6.45, 7) is 2.40. The molecule has 0 saturated carbocycles. The molecule has 19 heavy (non-hydrogen) atoms. The fraction of sp³-hybridized carbons (Fsp3) is 0.250. The first-order valence-corrected chi connectivity index (χ1v) is 6.27. The van der Waals surface area contributed by atoms with E-state index in [0.717, 1.165) is 12.0 Å². The summed E-state index contributed by atoms with van der Waals surface area (Å²) in [4.78, 5) is 0. The molecule has 0 radical (unpaired) electrons. The maximum Gasteiger partial charge on any atom is 0.161 e. The molecule has 0 amide bonds. The lowest BCUT2D eigenvalue weighted by Gasteiger charge is -2.12. The first-order valence-electron chi connectivity index (χ1n) is 6.27. The van der Waals surface area contributed by atoms with Gasteiger partial charge < -0.3 is 9.47 Å². The summed E-state index contributed by atoms with van der Waals surface area (Å²) in [7, 11) is 1.61. The van der Waals surface area contributed by atoms with Gasteiger partial charge in [-0.05, 0) is 41.8 Å². The van der Waals surface area contributed by atoms with Crippen molar-refractivity contribution in [1.29, 1.82) is 0 Å². The van der Waals surface area contributed by atoms with Crippen molar-refractivity contribution in [2.75, 3.05) is 7.11 Å². The molecule has 0 aliphatic rings. The highest BCUT2D eigenvalue weighted by Crippen LogP contribution is 2.29. The third kappa shape index (κ3) is 3.47. The van der Waals surface area contributed by atoms with Crippen LogP contribution in [-0.2, 0) is 13.0 Å². The Morgan fingerprint density at radius 1 is 1.00 bits per heavy atom. The third-order valence-corrected chi connectivity index (χ3v) is 2.92. The molecule has 0 bridgehead atoms. The van der Waals surface area contributed by atoms with Crippen molar-refractivity contribution in [3.05, 3.63) is 59.4 Å². The van der Waals surface area contributed by atoms with Gasteiger partial charge in [0.25, 0.3) is 0 Å². The van der Waals surface area contributed by atoms with Crippen LogP contribution in [0.3, 0.4) is 0 Å². The van der Waals surface area contributed by atoms with Crippen LogP contribution in [0.2, 0.25) is 0 Å². The number of methoxy groups -OCH3 is 1. The van der Waals surface area contributed by atoms with Gasteiger partial charge in [0.2, 0.25) is 0 Å². The maximum atomic E-state index is 13.1. The first kappa shape index (κ1) is 13.4. The van der Waals surface area contributed by atoms with E-state index < -0.39 is 0 Å². The highest BCUT2D eigenvalue weighted by Gasteiger charge is 2.05. The third-order valence-electron chi connectivity index (χ3n) is 2.92. The highest BCUT2D eigenvalue weighted by atomic mass is 19.1. The Morgan fingerprint density at radius 2 is 1.84 bits per heavy atom. The van der Waals surface area contributed by atoms with Crippen molar-refractivity contribution in [1.82, 2.24) is 0 Å². The van der Waals surface area contributed by atoms with Crippen molar-refractivity contribution < 1.29 is 13.9 Å². The molecule has 3 heteroatoms. The summed E-state index contributed by atoms with van der Waals surface area (Å²) in [6.07, 6.45) is 0.945. The molecule has 2 aromatic carbocycles. The second-order valence-electron chi connectivity index (χ2n) is 4.26. The largest absolute Gasteiger partial charge is 0.493 e. The SMILES string of the molecule is CCc1ccc(OCc2cccc(F)c2)c(OC)c1. The molecule has 100 valence electrons. The van der Waals surface area contributed by atoms with Crippen molar-refractivity contribution >= 4 is 0 Å². The Balaban J connectivity index is 2.11. The summed E-state index contributed by atoms with van der Waals surface area (Å²) in [5.41, 5.74) is 1.98. The topological polar surface area (TPSA) is 18.5 Å². The molecule has 0 aromatic heterocycles. The molecule has 0 unspecified atom stereocenters. The zero-order chi connectivity index (χ0) is 13.7. The lowest BCUT2D eigenvalue weighted by Crippen LogP contribution is -1.98. The van der Waals surface area contributed by atoms with Gasteiger partial charge in [-0.1, -0.05) is 25.1 Å². The average Bonchev–Trinajstić information content (AvgIpc) is 2.45. The molecular formula is C16H17FO2. The van der Waals surface area contributed by atoms with Crippen molar-refractivity contribution in [2.24, 2.45) is 0 Å². The minimum absolute atomic E-state index is 0.255. The van der Waals surface area contributed by atoms with E-state index in [4.69, 9.17) is 9.47 Å². The van der Waals surface area contributed by atoms with Gasteiger partial charge >= 0.3 is 0 Å². The fourth-order valence-corrected chi connectivity index (χ4v) is 1.84. The van der Waals surface area contributed by atoms with Gasteiger partial charge in [-0.3, -0.25) is 0 Å². The van der Waals surface area contributed by atoms with E-state index in [1.54, 1.807) is 13.2 Å². The summed E-state index contributed by atoms with van der Waals surface area (Å²) in [5, 5.41) is 0. The van der Waals surface area contributed by atoms with Gasteiger partial charge in [0.15, 0.2) is 11.5 Å². The number of halogens is 1. The van der Waals surface area contributed by atoms with E-state index in [-0.39, 0.29) is 5.82 Å². The van der Waals surface area contributed by atoms with Crippen LogP contribution >= 0.6 is 0 Å². The number of rotatable bonds is 5. The summed E-state index contributed by atoms with van der Waals surface area (Å²) < 4.78 is 24.0. The predicted molar refractivity (Wildman–Crippen MR) is 73.1 cm³/mol. The van der Waals surface area contributed by atoms with Crippen LogP contribution < -0.4 is 9.47 Å². The van der Waals surface area contributed by atoms with Crippen molar-refractivity contribution in [3.8, 4) is 11.5 Å². The number of benzene rings is 2. The lowest BCUT2D eigenvalue weighted by atomic mass is 10.1. The molecule has 0 atom stereocenters. The zero-order valence-electron chi connectivity index (χ0n) is 11.2. The minimum Gasteiger partial charge on any atom is -0.493 e. The molecule has 0 spiro atoms. The molecule has 0 N–H and O–H groups in total. The first-order chi connectivity index (χ1) is 9.22. The molecular weight excluding hydrogens is 243 g/mol. The number of hydrogen-bond acceptors (Lipinski definition) is 2. The summed E-state index contributed by atoms with van der Waals surface area (Å²) >= 11 is 0. The normalized spacial score (nSPS) is 10.3. The van der Waals surface area contributed by atoms with Gasteiger partial charge in [-0.2, -0.15) is 0 Å². The van der Waals surface area contributed by atoms with Crippen LogP contribution in [0.1, 0.15) is 18.1 Å². The lowest BCUT2D eigenvalue weighted by molar-refractivity contribution is 0.284. The Morgan fingerprint density at radius 3 is 2.53 bits per heavy atom. The molecule has 0 saturated heterocycles. The minimum atomic E-state index is -0.255. The van der Waals surface area contributed by atoms with E-state index >= 15 is 0 Å². The summed E-state index contributed by atoms with van der Waals surface area (Å²) in [5.74, 6) is 1.12. The standard InChI is InChI=1S/C16H17FO2/c1-3-12-7-8-15(16(10-12)18-2)19-11-13-5-4-6-14(17)9-13/h4-10H,3,11H2,1-2H3. The highest BCUT2D eigenvalue weighted by molar-refractivity contribution is 5.43. The van der Waals surface area contributed by atoms with Crippen molar-refractivity contribution in [2.45, 2.75) is 20.0 Å². The monoisotopic (exact) mass is 260 g/mol. The second-order valence-corrected chi connectivity index (χ2v) is 4.26. The predicted octanol–water partition coefficient (Wildman–Crippen LogP) is 3.98. The quantitative estimate of drug-likeness (QED) is 0.809. The van der Waals surface area contributed by atoms with Crippen LogP contribution in [0, 0.1) is 5.82 Å². The van der Waals surface area contributed by atoms with Crippen LogP contribution in [-0.4, -0.2) is 7.11 Å². The van der Waals surface area contributed by atoms with Gasteiger partial charge in [0.05, 0.1) is 7.11 Å².